The van der Waals surface area contributed by atoms with E-state index in [-0.39, 0.29) is 0 Å². The monoisotopic (exact) mass is 311 g/mol. The SMILES string of the molecule is CCCNS(=O)(=O)c1ccc(N2CCCCC2CN)cc1. The maximum absolute atomic E-state index is 12.1. The summed E-state index contributed by atoms with van der Waals surface area (Å²) in [6.07, 6.45) is 4.26. The molecule has 0 aliphatic carbocycles. The Balaban J connectivity index is 2.14. The summed E-state index contributed by atoms with van der Waals surface area (Å²) in [5.74, 6) is 0. The Morgan fingerprint density at radius 1 is 1.29 bits per heavy atom. The topological polar surface area (TPSA) is 75.4 Å². The van der Waals surface area contributed by atoms with Crippen LogP contribution in [0, 0.1) is 0 Å². The maximum Gasteiger partial charge on any atom is 0.240 e. The molecule has 0 bridgehead atoms. The van der Waals surface area contributed by atoms with Crippen LogP contribution in [0.1, 0.15) is 32.6 Å². The average Bonchev–Trinajstić information content (AvgIpc) is 2.53. The molecule has 1 aromatic carbocycles. The van der Waals surface area contributed by atoms with E-state index >= 15 is 0 Å². The molecule has 118 valence electrons. The van der Waals surface area contributed by atoms with Crippen LogP contribution < -0.4 is 15.4 Å². The molecule has 1 unspecified atom stereocenters. The van der Waals surface area contributed by atoms with Crippen molar-refractivity contribution in [3.8, 4) is 0 Å². The molecule has 0 radical (unpaired) electrons. The second-order valence-corrected chi connectivity index (χ2v) is 7.24. The number of nitrogens with two attached hydrogens (primary N) is 1. The lowest BCUT2D eigenvalue weighted by Gasteiger charge is -2.37. The molecule has 1 fully saturated rings. The summed E-state index contributed by atoms with van der Waals surface area (Å²) in [5, 5.41) is 0. The van der Waals surface area contributed by atoms with Crippen LogP contribution in [0.2, 0.25) is 0 Å². The second kappa shape index (κ2) is 7.24. The summed E-state index contributed by atoms with van der Waals surface area (Å²) in [6.45, 7) is 4.03. The van der Waals surface area contributed by atoms with Gasteiger partial charge in [-0.05, 0) is 49.9 Å². The highest BCUT2D eigenvalue weighted by molar-refractivity contribution is 7.89. The molecule has 1 aliphatic rings. The van der Waals surface area contributed by atoms with Crippen molar-refractivity contribution >= 4 is 15.7 Å². The molecule has 1 heterocycles. The van der Waals surface area contributed by atoms with E-state index in [0.29, 0.717) is 24.0 Å². The highest BCUT2D eigenvalue weighted by atomic mass is 32.2. The van der Waals surface area contributed by atoms with E-state index in [1.165, 1.54) is 6.42 Å². The Morgan fingerprint density at radius 2 is 2.00 bits per heavy atom. The summed E-state index contributed by atoms with van der Waals surface area (Å²) in [5.41, 5.74) is 6.89. The number of rotatable bonds is 6. The summed E-state index contributed by atoms with van der Waals surface area (Å²) < 4.78 is 26.7. The predicted molar refractivity (Wildman–Crippen MR) is 86.0 cm³/mol. The highest BCUT2D eigenvalue weighted by Gasteiger charge is 2.22. The molecule has 5 nitrogen and oxygen atoms in total. The van der Waals surface area contributed by atoms with Crippen molar-refractivity contribution in [2.45, 2.75) is 43.5 Å². The molecule has 6 heteroatoms. The fourth-order valence-corrected chi connectivity index (χ4v) is 3.86. The first-order chi connectivity index (χ1) is 10.1. The largest absolute Gasteiger partial charge is 0.367 e. The van der Waals surface area contributed by atoms with Gasteiger partial charge in [-0.2, -0.15) is 0 Å². The molecular formula is C15H25N3O2S. The lowest BCUT2D eigenvalue weighted by Crippen LogP contribution is -2.44. The summed E-state index contributed by atoms with van der Waals surface area (Å²) in [7, 11) is -3.38. The lowest BCUT2D eigenvalue weighted by molar-refractivity contribution is 0.465. The van der Waals surface area contributed by atoms with Crippen molar-refractivity contribution in [1.29, 1.82) is 0 Å². The first kappa shape index (κ1) is 16.3. The van der Waals surface area contributed by atoms with Gasteiger partial charge < -0.3 is 10.6 Å². The smallest absolute Gasteiger partial charge is 0.240 e. The number of hydrogen-bond acceptors (Lipinski definition) is 4. The van der Waals surface area contributed by atoms with Crippen LogP contribution in [0.25, 0.3) is 0 Å². The quantitative estimate of drug-likeness (QED) is 0.838. The third kappa shape index (κ3) is 3.96. The van der Waals surface area contributed by atoms with Crippen molar-refractivity contribution < 1.29 is 8.42 Å². The molecule has 1 aromatic rings. The zero-order valence-electron chi connectivity index (χ0n) is 12.6. The van der Waals surface area contributed by atoms with Gasteiger partial charge in [0.1, 0.15) is 0 Å². The Labute approximate surface area is 127 Å². The van der Waals surface area contributed by atoms with Crippen LogP contribution in [0.15, 0.2) is 29.2 Å². The van der Waals surface area contributed by atoms with Crippen LogP contribution in [0.3, 0.4) is 0 Å². The minimum absolute atomic E-state index is 0.320. The van der Waals surface area contributed by atoms with Crippen LogP contribution >= 0.6 is 0 Å². The first-order valence-electron chi connectivity index (χ1n) is 7.65. The number of nitrogens with zero attached hydrogens (tertiary/aromatic N) is 1. The summed E-state index contributed by atoms with van der Waals surface area (Å²) in [4.78, 5) is 2.61. The molecule has 1 aliphatic heterocycles. The third-order valence-corrected chi connectivity index (χ3v) is 5.40. The van der Waals surface area contributed by atoms with Gasteiger partial charge in [0.2, 0.25) is 10.0 Å². The van der Waals surface area contributed by atoms with E-state index in [0.717, 1.165) is 31.5 Å². The van der Waals surface area contributed by atoms with Gasteiger partial charge in [0.25, 0.3) is 0 Å². The number of piperidine rings is 1. The molecule has 3 N–H and O–H groups in total. The van der Waals surface area contributed by atoms with Gasteiger partial charge >= 0.3 is 0 Å². The van der Waals surface area contributed by atoms with Crippen LogP contribution in [-0.2, 0) is 10.0 Å². The van der Waals surface area contributed by atoms with Gasteiger partial charge in [-0.25, -0.2) is 13.1 Å². The van der Waals surface area contributed by atoms with E-state index in [2.05, 4.69) is 9.62 Å². The highest BCUT2D eigenvalue weighted by Crippen LogP contribution is 2.25. The Morgan fingerprint density at radius 3 is 2.62 bits per heavy atom. The predicted octanol–water partition coefficient (Wildman–Crippen LogP) is 1.69. The van der Waals surface area contributed by atoms with Gasteiger partial charge in [0.15, 0.2) is 0 Å². The fraction of sp³-hybridized carbons (Fsp3) is 0.600. The summed E-state index contributed by atoms with van der Waals surface area (Å²) >= 11 is 0. The zero-order valence-corrected chi connectivity index (χ0v) is 13.4. The fourth-order valence-electron chi connectivity index (χ4n) is 2.72. The minimum Gasteiger partial charge on any atom is -0.367 e. The van der Waals surface area contributed by atoms with Crippen molar-refractivity contribution in [2.24, 2.45) is 5.73 Å². The van der Waals surface area contributed by atoms with Crippen LogP contribution in [0.5, 0.6) is 0 Å². The van der Waals surface area contributed by atoms with Crippen molar-refractivity contribution in [3.05, 3.63) is 24.3 Å². The molecule has 0 saturated carbocycles. The first-order valence-corrected chi connectivity index (χ1v) is 9.13. The standard InChI is InChI=1S/C15H25N3O2S/c1-2-10-17-21(19,20)15-8-6-13(7-9-15)18-11-4-3-5-14(18)12-16/h6-9,14,17H,2-5,10-12,16H2,1H3. The van der Waals surface area contributed by atoms with Gasteiger partial charge in [0, 0.05) is 31.4 Å². The second-order valence-electron chi connectivity index (χ2n) is 5.47. The number of nitrogens with one attached hydrogen (secondary N) is 1. The molecule has 1 saturated heterocycles. The lowest BCUT2D eigenvalue weighted by atomic mass is 10.0. The third-order valence-electron chi connectivity index (χ3n) is 3.92. The molecular weight excluding hydrogens is 286 g/mol. The van der Waals surface area contributed by atoms with E-state index < -0.39 is 10.0 Å². The Hall–Kier alpha value is -1.11. The van der Waals surface area contributed by atoms with E-state index in [9.17, 15) is 8.42 Å². The van der Waals surface area contributed by atoms with Crippen molar-refractivity contribution in [1.82, 2.24) is 4.72 Å². The van der Waals surface area contributed by atoms with Gasteiger partial charge in [-0.3, -0.25) is 0 Å². The minimum atomic E-state index is -3.38. The van der Waals surface area contributed by atoms with Crippen LogP contribution in [0.4, 0.5) is 5.69 Å². The normalized spacial score (nSPS) is 19.7. The zero-order chi connectivity index (χ0) is 15.3. The Bertz CT molecular complexity index is 543. The average molecular weight is 311 g/mol. The summed E-state index contributed by atoms with van der Waals surface area (Å²) in [6, 6.07) is 7.48. The molecule has 1 atom stereocenters. The molecule has 0 aromatic heterocycles. The molecule has 2 rings (SSSR count). The number of hydrogen-bond donors (Lipinski definition) is 2. The number of benzene rings is 1. The van der Waals surface area contributed by atoms with Gasteiger partial charge in [0.05, 0.1) is 4.90 Å². The van der Waals surface area contributed by atoms with Crippen LogP contribution in [-0.4, -0.2) is 34.1 Å². The van der Waals surface area contributed by atoms with Gasteiger partial charge in [-0.15, -0.1) is 0 Å². The molecule has 0 spiro atoms. The van der Waals surface area contributed by atoms with Crippen molar-refractivity contribution in [2.75, 3.05) is 24.5 Å². The number of sulfonamides is 1. The molecule has 0 amide bonds. The Kier molecular flexibility index (Phi) is 5.61. The van der Waals surface area contributed by atoms with E-state index in [1.807, 2.05) is 19.1 Å². The maximum atomic E-state index is 12.1. The molecule has 21 heavy (non-hydrogen) atoms. The van der Waals surface area contributed by atoms with E-state index in [1.54, 1.807) is 12.1 Å². The number of anilines is 1. The van der Waals surface area contributed by atoms with E-state index in [4.69, 9.17) is 5.73 Å². The van der Waals surface area contributed by atoms with Crippen molar-refractivity contribution in [3.63, 3.8) is 0 Å². The van der Waals surface area contributed by atoms with Gasteiger partial charge in [-0.1, -0.05) is 6.92 Å².